The van der Waals surface area contributed by atoms with Gasteiger partial charge in [-0.3, -0.25) is 4.79 Å². The van der Waals surface area contributed by atoms with Gasteiger partial charge in [0.2, 0.25) is 5.91 Å². The van der Waals surface area contributed by atoms with Crippen LogP contribution in [0.4, 0.5) is 0 Å². The number of benzene rings is 1. The molecule has 1 fully saturated rings. The number of nitrogens with one attached hydrogen (secondary N) is 1. The second kappa shape index (κ2) is 4.79. The van der Waals surface area contributed by atoms with Gasteiger partial charge in [-0.05, 0) is 24.6 Å². The molecule has 0 radical (unpaired) electrons. The van der Waals surface area contributed by atoms with Gasteiger partial charge in [-0.1, -0.05) is 12.1 Å². The molecule has 1 aliphatic rings. The minimum atomic E-state index is -0.354. The van der Waals surface area contributed by atoms with Crippen molar-refractivity contribution >= 4 is 23.6 Å². The van der Waals surface area contributed by atoms with Crippen molar-refractivity contribution in [2.45, 2.75) is 17.5 Å². The minimum absolute atomic E-state index is 0.0239. The molecule has 0 unspecified atom stereocenters. The molecule has 1 aromatic rings. The summed E-state index contributed by atoms with van der Waals surface area (Å²) >= 11 is 1.57. The first-order valence-corrected chi connectivity index (χ1v) is 6.20. The van der Waals surface area contributed by atoms with Gasteiger partial charge in [0.25, 0.3) is 0 Å². The molecule has 2 rings (SSSR count). The van der Waals surface area contributed by atoms with Gasteiger partial charge in [-0.15, -0.1) is 11.8 Å². The third-order valence-electron chi connectivity index (χ3n) is 2.62. The Morgan fingerprint density at radius 1 is 1.35 bits per heavy atom. The first-order chi connectivity index (χ1) is 8.11. The molecule has 1 aromatic carbocycles. The second-order valence-electron chi connectivity index (χ2n) is 3.78. The molecule has 1 heterocycles. The van der Waals surface area contributed by atoms with E-state index in [0.717, 1.165) is 5.56 Å². The average molecular weight is 251 g/mol. The molecule has 1 aliphatic heterocycles. The molecule has 5 heteroatoms. The molecule has 2 atom stereocenters. The van der Waals surface area contributed by atoms with E-state index in [1.54, 1.807) is 23.9 Å². The lowest BCUT2D eigenvalue weighted by Crippen LogP contribution is -2.22. The van der Waals surface area contributed by atoms with Crippen LogP contribution in [0.1, 0.15) is 28.2 Å². The molecule has 1 N–H and O–H groups in total. The van der Waals surface area contributed by atoms with Gasteiger partial charge in [0.05, 0.1) is 17.9 Å². The highest BCUT2D eigenvalue weighted by atomic mass is 32.2. The molecule has 0 aromatic heterocycles. The van der Waals surface area contributed by atoms with Crippen LogP contribution in [0.2, 0.25) is 0 Å². The third-order valence-corrected chi connectivity index (χ3v) is 3.90. The summed E-state index contributed by atoms with van der Waals surface area (Å²) in [5.41, 5.74) is 1.50. The first-order valence-electron chi connectivity index (χ1n) is 5.26. The lowest BCUT2D eigenvalue weighted by atomic mass is 10.1. The Hall–Kier alpha value is -1.49. The van der Waals surface area contributed by atoms with Crippen LogP contribution < -0.4 is 5.32 Å². The molecule has 4 nitrogen and oxygen atoms in total. The summed E-state index contributed by atoms with van der Waals surface area (Å²) in [5.74, 6) is -0.301. The number of hydrogen-bond donors (Lipinski definition) is 1. The maximum absolute atomic E-state index is 11.4. The Kier molecular flexibility index (Phi) is 3.38. The Labute approximate surface area is 104 Å². The van der Waals surface area contributed by atoms with Crippen LogP contribution in [-0.2, 0) is 9.53 Å². The van der Waals surface area contributed by atoms with E-state index in [-0.39, 0.29) is 22.5 Å². The zero-order valence-electron chi connectivity index (χ0n) is 9.60. The van der Waals surface area contributed by atoms with Crippen LogP contribution >= 0.6 is 11.8 Å². The molecule has 0 aliphatic carbocycles. The molecule has 1 saturated heterocycles. The number of hydrogen-bond acceptors (Lipinski definition) is 4. The maximum atomic E-state index is 11.4. The average Bonchev–Trinajstić information content (AvgIpc) is 2.69. The van der Waals surface area contributed by atoms with Crippen LogP contribution in [0.15, 0.2) is 24.3 Å². The van der Waals surface area contributed by atoms with Gasteiger partial charge in [-0.2, -0.15) is 0 Å². The smallest absolute Gasteiger partial charge is 0.337 e. The third kappa shape index (κ3) is 2.44. The van der Waals surface area contributed by atoms with Gasteiger partial charge in [0.1, 0.15) is 5.37 Å². The summed E-state index contributed by atoms with van der Waals surface area (Å²) in [7, 11) is 1.35. The van der Waals surface area contributed by atoms with Crippen LogP contribution in [0, 0.1) is 0 Å². The summed E-state index contributed by atoms with van der Waals surface area (Å²) in [6.45, 7) is 1.88. The lowest BCUT2D eigenvalue weighted by Gasteiger charge is -2.09. The Bertz CT molecular complexity index is 444. The Morgan fingerprint density at radius 3 is 2.47 bits per heavy atom. The van der Waals surface area contributed by atoms with Gasteiger partial charge in [0.15, 0.2) is 0 Å². The van der Waals surface area contributed by atoms with Crippen molar-refractivity contribution in [1.29, 1.82) is 0 Å². The molecular weight excluding hydrogens is 238 g/mol. The molecule has 0 bridgehead atoms. The molecule has 0 spiro atoms. The van der Waals surface area contributed by atoms with E-state index in [1.807, 2.05) is 19.1 Å². The van der Waals surface area contributed by atoms with Crippen molar-refractivity contribution < 1.29 is 14.3 Å². The molecule has 17 heavy (non-hydrogen) atoms. The lowest BCUT2D eigenvalue weighted by molar-refractivity contribution is -0.119. The number of amides is 1. The zero-order valence-corrected chi connectivity index (χ0v) is 10.4. The number of rotatable bonds is 2. The predicted molar refractivity (Wildman–Crippen MR) is 65.7 cm³/mol. The van der Waals surface area contributed by atoms with Gasteiger partial charge >= 0.3 is 5.97 Å². The number of esters is 1. The summed E-state index contributed by atoms with van der Waals surface area (Å²) in [6, 6.07) is 7.08. The van der Waals surface area contributed by atoms with Crippen LogP contribution in [0.3, 0.4) is 0 Å². The summed E-state index contributed by atoms with van der Waals surface area (Å²) in [5, 5.41) is 2.84. The molecule has 0 saturated carbocycles. The van der Waals surface area contributed by atoms with Gasteiger partial charge in [0, 0.05) is 0 Å². The second-order valence-corrected chi connectivity index (χ2v) is 5.23. The van der Waals surface area contributed by atoms with Crippen LogP contribution in [0.25, 0.3) is 0 Å². The summed E-state index contributed by atoms with van der Waals surface area (Å²) in [4.78, 5) is 22.6. The van der Waals surface area contributed by atoms with E-state index >= 15 is 0 Å². The number of carbonyl (C=O) groups excluding carboxylic acids is 2. The monoisotopic (exact) mass is 251 g/mol. The topological polar surface area (TPSA) is 55.4 Å². The molecule has 1 amide bonds. The quantitative estimate of drug-likeness (QED) is 0.813. The van der Waals surface area contributed by atoms with Crippen molar-refractivity contribution in [1.82, 2.24) is 5.32 Å². The van der Waals surface area contributed by atoms with Crippen molar-refractivity contribution in [2.75, 3.05) is 7.11 Å². The summed E-state index contributed by atoms with van der Waals surface area (Å²) in [6.07, 6.45) is 0. The standard InChI is InChI=1S/C12H13NO3S/c1-7-10(14)13-11(17-7)8-3-5-9(6-4-8)12(15)16-2/h3-7,11H,1-2H3,(H,13,14)/t7-,11-/m1/s1. The highest BCUT2D eigenvalue weighted by Crippen LogP contribution is 2.35. The predicted octanol–water partition coefficient (Wildman–Crippen LogP) is 1.72. The molecule has 90 valence electrons. The fourth-order valence-electron chi connectivity index (χ4n) is 1.62. The fourth-order valence-corrected chi connectivity index (χ4v) is 2.72. The first kappa shape index (κ1) is 12.0. The SMILES string of the molecule is COC(=O)c1ccc([C@@H]2NC(=O)[C@@H](C)S2)cc1. The van der Waals surface area contributed by atoms with E-state index in [2.05, 4.69) is 10.1 Å². The van der Waals surface area contributed by atoms with Crippen molar-refractivity contribution in [2.24, 2.45) is 0 Å². The van der Waals surface area contributed by atoms with Gasteiger partial charge in [-0.25, -0.2) is 4.79 Å². The van der Waals surface area contributed by atoms with E-state index in [9.17, 15) is 9.59 Å². The van der Waals surface area contributed by atoms with Crippen molar-refractivity contribution in [3.8, 4) is 0 Å². The van der Waals surface area contributed by atoms with Crippen LogP contribution in [-0.4, -0.2) is 24.2 Å². The van der Waals surface area contributed by atoms with E-state index in [0.29, 0.717) is 5.56 Å². The molecular formula is C12H13NO3S. The fraction of sp³-hybridized carbons (Fsp3) is 0.333. The van der Waals surface area contributed by atoms with Crippen molar-refractivity contribution in [3.05, 3.63) is 35.4 Å². The Balaban J connectivity index is 2.14. The largest absolute Gasteiger partial charge is 0.465 e. The number of methoxy groups -OCH3 is 1. The highest BCUT2D eigenvalue weighted by molar-refractivity contribution is 8.01. The van der Waals surface area contributed by atoms with Crippen LogP contribution in [0.5, 0.6) is 0 Å². The number of carbonyl (C=O) groups is 2. The highest BCUT2D eigenvalue weighted by Gasteiger charge is 2.29. The zero-order chi connectivity index (χ0) is 12.4. The Morgan fingerprint density at radius 2 is 2.00 bits per heavy atom. The van der Waals surface area contributed by atoms with E-state index in [1.165, 1.54) is 7.11 Å². The summed E-state index contributed by atoms with van der Waals surface area (Å²) < 4.78 is 4.62. The van der Waals surface area contributed by atoms with Crippen molar-refractivity contribution in [3.63, 3.8) is 0 Å². The number of thioether (sulfide) groups is 1. The normalized spacial score (nSPS) is 23.3. The van der Waals surface area contributed by atoms with Gasteiger partial charge < -0.3 is 10.1 Å². The number of ether oxygens (including phenoxy) is 1. The van der Waals surface area contributed by atoms with E-state index in [4.69, 9.17) is 0 Å². The van der Waals surface area contributed by atoms with E-state index < -0.39 is 0 Å². The maximum Gasteiger partial charge on any atom is 0.337 e. The minimum Gasteiger partial charge on any atom is -0.465 e.